The van der Waals surface area contributed by atoms with E-state index < -0.39 is 11.6 Å². The zero-order valence-electron chi connectivity index (χ0n) is 9.25. The van der Waals surface area contributed by atoms with Crippen LogP contribution >= 0.6 is 22.9 Å². The molecule has 1 aromatic heterocycles. The SMILES string of the molecule is Cc1csc(NN=Cc2cc(F)c(F)c(Cl)c2)n1. The number of benzene rings is 1. The predicted octanol–water partition coefficient (Wildman–Crippen LogP) is 3.83. The molecule has 1 aromatic carbocycles. The van der Waals surface area contributed by atoms with Crippen molar-refractivity contribution < 1.29 is 8.78 Å². The Morgan fingerprint density at radius 2 is 2.22 bits per heavy atom. The van der Waals surface area contributed by atoms with E-state index >= 15 is 0 Å². The number of hydrogen-bond donors (Lipinski definition) is 1. The quantitative estimate of drug-likeness (QED) is 0.529. The number of halogens is 3. The Morgan fingerprint density at radius 1 is 1.44 bits per heavy atom. The van der Waals surface area contributed by atoms with Crippen molar-refractivity contribution in [3.63, 3.8) is 0 Å². The zero-order chi connectivity index (χ0) is 13.1. The van der Waals surface area contributed by atoms with Crippen LogP contribution in [0.15, 0.2) is 22.6 Å². The van der Waals surface area contributed by atoms with Crippen molar-refractivity contribution in [1.82, 2.24) is 4.98 Å². The van der Waals surface area contributed by atoms with Gasteiger partial charge in [-0.2, -0.15) is 5.10 Å². The highest BCUT2D eigenvalue weighted by atomic mass is 35.5. The number of aromatic nitrogens is 1. The molecule has 0 radical (unpaired) electrons. The van der Waals surface area contributed by atoms with Gasteiger partial charge in [-0.05, 0) is 24.6 Å². The highest BCUT2D eigenvalue weighted by Gasteiger charge is 2.07. The maximum atomic E-state index is 13.0. The summed E-state index contributed by atoms with van der Waals surface area (Å²) in [6.07, 6.45) is 1.34. The molecule has 7 heteroatoms. The van der Waals surface area contributed by atoms with Crippen LogP contribution in [0.25, 0.3) is 0 Å². The normalized spacial score (nSPS) is 11.1. The van der Waals surface area contributed by atoms with Crippen LogP contribution in [0.3, 0.4) is 0 Å². The molecule has 2 aromatic rings. The lowest BCUT2D eigenvalue weighted by Gasteiger charge is -1.98. The fraction of sp³-hybridized carbons (Fsp3) is 0.0909. The number of nitrogens with zero attached hydrogens (tertiary/aromatic N) is 2. The third-order valence-corrected chi connectivity index (χ3v) is 3.14. The van der Waals surface area contributed by atoms with Crippen LogP contribution in [0.5, 0.6) is 0 Å². The van der Waals surface area contributed by atoms with Crippen molar-refractivity contribution in [3.8, 4) is 0 Å². The van der Waals surface area contributed by atoms with Crippen molar-refractivity contribution in [2.45, 2.75) is 6.92 Å². The smallest absolute Gasteiger partial charge is 0.203 e. The average molecular weight is 288 g/mol. The van der Waals surface area contributed by atoms with E-state index in [-0.39, 0.29) is 5.02 Å². The van der Waals surface area contributed by atoms with E-state index in [1.54, 1.807) is 0 Å². The van der Waals surface area contributed by atoms with Gasteiger partial charge in [0, 0.05) is 5.38 Å². The molecule has 1 heterocycles. The summed E-state index contributed by atoms with van der Waals surface area (Å²) in [5.41, 5.74) is 3.93. The van der Waals surface area contributed by atoms with Gasteiger partial charge in [-0.3, -0.25) is 5.43 Å². The first-order valence-electron chi connectivity index (χ1n) is 4.92. The van der Waals surface area contributed by atoms with Crippen LogP contribution in [-0.2, 0) is 0 Å². The molecule has 0 unspecified atom stereocenters. The molecule has 3 nitrogen and oxygen atoms in total. The molecule has 0 amide bonds. The van der Waals surface area contributed by atoms with Crippen LogP contribution in [0.4, 0.5) is 13.9 Å². The van der Waals surface area contributed by atoms with Crippen LogP contribution in [0.2, 0.25) is 5.02 Å². The number of anilines is 1. The molecule has 0 aliphatic carbocycles. The maximum absolute atomic E-state index is 13.0. The van der Waals surface area contributed by atoms with Crippen LogP contribution in [0, 0.1) is 18.6 Å². The Hall–Kier alpha value is -1.53. The second-order valence-electron chi connectivity index (χ2n) is 3.46. The Bertz CT molecular complexity index is 575. The molecule has 18 heavy (non-hydrogen) atoms. The van der Waals surface area contributed by atoms with E-state index in [2.05, 4.69) is 15.5 Å². The van der Waals surface area contributed by atoms with Gasteiger partial charge in [0.05, 0.1) is 16.9 Å². The molecule has 0 aliphatic rings. The Morgan fingerprint density at radius 3 is 2.83 bits per heavy atom. The molecule has 94 valence electrons. The third kappa shape index (κ3) is 3.02. The number of aryl methyl sites for hydroxylation is 1. The molecule has 0 spiro atoms. The summed E-state index contributed by atoms with van der Waals surface area (Å²) in [5, 5.41) is 6.08. The summed E-state index contributed by atoms with van der Waals surface area (Å²) < 4.78 is 26.0. The van der Waals surface area contributed by atoms with E-state index in [1.165, 1.54) is 23.6 Å². The van der Waals surface area contributed by atoms with E-state index in [4.69, 9.17) is 11.6 Å². The first-order valence-corrected chi connectivity index (χ1v) is 6.18. The van der Waals surface area contributed by atoms with E-state index in [0.29, 0.717) is 10.7 Å². The minimum Gasteiger partial charge on any atom is -0.253 e. The largest absolute Gasteiger partial charge is 0.253 e. The molecule has 0 saturated carbocycles. The van der Waals surface area contributed by atoms with Gasteiger partial charge < -0.3 is 0 Å². The fourth-order valence-corrected chi connectivity index (χ4v) is 2.07. The summed E-state index contributed by atoms with van der Waals surface area (Å²) in [4.78, 5) is 4.12. The number of hydrazone groups is 1. The lowest BCUT2D eigenvalue weighted by atomic mass is 10.2. The lowest BCUT2D eigenvalue weighted by Crippen LogP contribution is -1.93. The van der Waals surface area contributed by atoms with E-state index in [1.807, 2.05) is 12.3 Å². The molecule has 0 aliphatic heterocycles. The van der Waals surface area contributed by atoms with Gasteiger partial charge in [0.15, 0.2) is 11.6 Å². The van der Waals surface area contributed by atoms with Crippen molar-refractivity contribution in [2.75, 3.05) is 5.43 Å². The number of hydrogen-bond acceptors (Lipinski definition) is 4. The second-order valence-corrected chi connectivity index (χ2v) is 4.73. The number of thiazole rings is 1. The molecular weight excluding hydrogens is 280 g/mol. The topological polar surface area (TPSA) is 37.3 Å². The average Bonchev–Trinajstić information content (AvgIpc) is 2.72. The van der Waals surface area contributed by atoms with Gasteiger partial charge in [0.1, 0.15) is 0 Å². The highest BCUT2D eigenvalue weighted by Crippen LogP contribution is 2.19. The third-order valence-electron chi connectivity index (χ3n) is 2.00. The first kappa shape index (κ1) is 12.9. The second kappa shape index (κ2) is 5.41. The van der Waals surface area contributed by atoms with Crippen molar-refractivity contribution in [2.24, 2.45) is 5.10 Å². The van der Waals surface area contributed by atoms with Crippen LogP contribution in [0.1, 0.15) is 11.3 Å². The maximum Gasteiger partial charge on any atom is 0.203 e. The predicted molar refractivity (Wildman–Crippen MR) is 69.4 cm³/mol. The summed E-state index contributed by atoms with van der Waals surface area (Å²) in [6.45, 7) is 1.86. The molecule has 0 fully saturated rings. The molecule has 0 atom stereocenters. The number of nitrogens with one attached hydrogen (secondary N) is 1. The van der Waals surface area contributed by atoms with Crippen molar-refractivity contribution in [3.05, 3.63) is 45.4 Å². The van der Waals surface area contributed by atoms with Gasteiger partial charge in [-0.15, -0.1) is 11.3 Å². The molecular formula is C11H8ClF2N3S. The number of rotatable bonds is 3. The molecule has 0 bridgehead atoms. The lowest BCUT2D eigenvalue weighted by molar-refractivity contribution is 0.509. The summed E-state index contributed by atoms with van der Waals surface area (Å²) in [5.74, 6) is -2.06. The van der Waals surface area contributed by atoms with Crippen molar-refractivity contribution >= 4 is 34.3 Å². The van der Waals surface area contributed by atoms with E-state index in [0.717, 1.165) is 11.8 Å². The molecule has 0 saturated heterocycles. The minimum absolute atomic E-state index is 0.276. The van der Waals surface area contributed by atoms with Gasteiger partial charge in [0.25, 0.3) is 0 Å². The Labute approximate surface area is 111 Å². The summed E-state index contributed by atoms with van der Waals surface area (Å²) in [7, 11) is 0. The highest BCUT2D eigenvalue weighted by molar-refractivity contribution is 7.13. The van der Waals surface area contributed by atoms with Crippen LogP contribution in [-0.4, -0.2) is 11.2 Å². The monoisotopic (exact) mass is 287 g/mol. The minimum atomic E-state index is -1.06. The Kier molecular flexibility index (Phi) is 3.88. The van der Waals surface area contributed by atoms with Crippen LogP contribution < -0.4 is 5.43 Å². The van der Waals surface area contributed by atoms with E-state index in [9.17, 15) is 8.78 Å². The first-order chi connectivity index (χ1) is 8.56. The summed E-state index contributed by atoms with van der Waals surface area (Å²) >= 11 is 6.91. The van der Waals surface area contributed by atoms with Gasteiger partial charge in [-0.25, -0.2) is 13.8 Å². The van der Waals surface area contributed by atoms with Gasteiger partial charge >= 0.3 is 0 Å². The molecule has 1 N–H and O–H groups in total. The van der Waals surface area contributed by atoms with Gasteiger partial charge in [0.2, 0.25) is 5.13 Å². The Balaban J connectivity index is 2.09. The standard InChI is InChI=1S/C11H8ClF2N3S/c1-6-5-18-11(16-6)17-15-4-7-2-8(12)10(14)9(13)3-7/h2-5H,1H3,(H,16,17). The molecule has 2 rings (SSSR count). The fourth-order valence-electron chi connectivity index (χ4n) is 1.22. The summed E-state index contributed by atoms with van der Waals surface area (Å²) in [6, 6.07) is 2.30. The van der Waals surface area contributed by atoms with Crippen molar-refractivity contribution in [1.29, 1.82) is 0 Å². The van der Waals surface area contributed by atoms with Gasteiger partial charge in [-0.1, -0.05) is 11.6 Å². The zero-order valence-corrected chi connectivity index (χ0v) is 10.8.